The van der Waals surface area contributed by atoms with Gasteiger partial charge in [-0.2, -0.15) is 0 Å². The van der Waals surface area contributed by atoms with Gasteiger partial charge in [0.05, 0.1) is 0 Å². The molecule has 0 aliphatic carbocycles. The second-order valence-electron chi connectivity index (χ2n) is 13.4. The Labute approximate surface area is 278 Å². The van der Waals surface area contributed by atoms with Gasteiger partial charge >= 0.3 is 0 Å². The third-order valence-electron chi connectivity index (χ3n) is 10.3. The quantitative estimate of drug-likeness (QED) is 0.251. The van der Waals surface area contributed by atoms with Gasteiger partial charge in [0.25, 0.3) is 5.91 Å². The molecule has 3 aliphatic rings. The molecule has 0 saturated carbocycles. The molecule has 0 spiro atoms. The second-order valence-corrected chi connectivity index (χ2v) is 13.4. The molecule has 1 aromatic heterocycles. The zero-order chi connectivity index (χ0) is 32.3. The van der Waals surface area contributed by atoms with E-state index in [2.05, 4.69) is 75.8 Å². The van der Waals surface area contributed by atoms with Crippen molar-refractivity contribution >= 4 is 28.2 Å². The van der Waals surface area contributed by atoms with Crippen LogP contribution in [0.4, 0.5) is 11.4 Å². The fourth-order valence-corrected chi connectivity index (χ4v) is 7.18. The molecule has 0 radical (unpaired) electrons. The zero-order valence-corrected chi connectivity index (χ0v) is 28.1. The van der Waals surface area contributed by atoms with Gasteiger partial charge in [0.1, 0.15) is 0 Å². The average Bonchev–Trinajstić information content (AvgIpc) is 3.66. The lowest BCUT2D eigenvalue weighted by Gasteiger charge is -2.34. The number of piperazine rings is 2. The molecule has 4 aromatic rings. The largest absolute Gasteiger partial charge is 0.454 e. The van der Waals surface area contributed by atoms with E-state index in [4.69, 9.17) is 9.47 Å². The van der Waals surface area contributed by atoms with Gasteiger partial charge in [-0.05, 0) is 99.9 Å². The SMILES string of the molecule is Cc1c(C)n(CCCN2CCN(C)CC2)c2ccc(Nc3cccc(C(=O)N4CCN(CCc5ccc6c(c5)OCO6)CC4)c3)cc12. The van der Waals surface area contributed by atoms with Gasteiger partial charge in [0.2, 0.25) is 6.79 Å². The number of ether oxygens (including phenoxy) is 2. The van der Waals surface area contributed by atoms with Crippen molar-refractivity contribution in [2.24, 2.45) is 0 Å². The number of fused-ring (bicyclic) bond motifs is 2. The number of aryl methyl sites for hydroxylation is 2. The van der Waals surface area contributed by atoms with Crippen LogP contribution < -0.4 is 14.8 Å². The van der Waals surface area contributed by atoms with Gasteiger partial charge in [0.15, 0.2) is 11.5 Å². The minimum absolute atomic E-state index is 0.0969. The van der Waals surface area contributed by atoms with Crippen molar-refractivity contribution < 1.29 is 14.3 Å². The number of hydrogen-bond acceptors (Lipinski definition) is 7. The third kappa shape index (κ3) is 7.12. The first kappa shape index (κ1) is 31.5. The van der Waals surface area contributed by atoms with Gasteiger partial charge < -0.3 is 34.1 Å². The van der Waals surface area contributed by atoms with Crippen molar-refractivity contribution in [2.75, 3.05) is 84.6 Å². The molecule has 3 aliphatic heterocycles. The number of hydrogen-bond donors (Lipinski definition) is 1. The summed E-state index contributed by atoms with van der Waals surface area (Å²) in [4.78, 5) is 22.9. The van der Waals surface area contributed by atoms with Crippen LogP contribution >= 0.6 is 0 Å². The summed E-state index contributed by atoms with van der Waals surface area (Å²) >= 11 is 0. The molecular weight excluding hydrogens is 588 g/mol. The van der Waals surface area contributed by atoms with Crippen LogP contribution in [0, 0.1) is 13.8 Å². The first-order valence-electron chi connectivity index (χ1n) is 17.2. The molecule has 9 nitrogen and oxygen atoms in total. The van der Waals surface area contributed by atoms with E-state index in [-0.39, 0.29) is 5.91 Å². The van der Waals surface area contributed by atoms with Crippen molar-refractivity contribution in [3.8, 4) is 11.5 Å². The summed E-state index contributed by atoms with van der Waals surface area (Å²) in [5, 5.41) is 4.87. The van der Waals surface area contributed by atoms with Gasteiger partial charge in [-0.1, -0.05) is 12.1 Å². The summed E-state index contributed by atoms with van der Waals surface area (Å²) in [6.07, 6.45) is 2.11. The van der Waals surface area contributed by atoms with Gasteiger partial charge in [-0.3, -0.25) is 9.69 Å². The third-order valence-corrected chi connectivity index (χ3v) is 10.3. The number of anilines is 2. The smallest absolute Gasteiger partial charge is 0.254 e. The molecule has 248 valence electrons. The first-order valence-corrected chi connectivity index (χ1v) is 17.2. The number of aromatic nitrogens is 1. The van der Waals surface area contributed by atoms with Crippen molar-refractivity contribution in [2.45, 2.75) is 33.2 Å². The van der Waals surface area contributed by atoms with Crippen LogP contribution in [-0.4, -0.2) is 109 Å². The first-order chi connectivity index (χ1) is 22.9. The van der Waals surface area contributed by atoms with Crippen LogP contribution in [0.15, 0.2) is 60.7 Å². The number of amides is 1. The van der Waals surface area contributed by atoms with Crippen molar-refractivity contribution in [1.82, 2.24) is 24.2 Å². The van der Waals surface area contributed by atoms with Gasteiger partial charge in [-0.15, -0.1) is 0 Å². The van der Waals surface area contributed by atoms with Gasteiger partial charge in [0, 0.05) is 99.0 Å². The zero-order valence-electron chi connectivity index (χ0n) is 28.1. The summed E-state index contributed by atoms with van der Waals surface area (Å²) in [5.41, 5.74) is 7.91. The highest BCUT2D eigenvalue weighted by Gasteiger charge is 2.23. The van der Waals surface area contributed by atoms with Crippen molar-refractivity contribution in [3.63, 3.8) is 0 Å². The van der Waals surface area contributed by atoms with Crippen molar-refractivity contribution in [1.29, 1.82) is 0 Å². The number of nitrogens with one attached hydrogen (secondary N) is 1. The average molecular weight is 637 g/mol. The summed E-state index contributed by atoms with van der Waals surface area (Å²) < 4.78 is 13.4. The van der Waals surface area contributed by atoms with Crippen LogP contribution in [-0.2, 0) is 13.0 Å². The van der Waals surface area contributed by atoms with E-state index in [0.717, 1.165) is 87.1 Å². The standard InChI is InChI=1S/C38H48N6O3/c1-28-29(2)44(14-5-13-41-18-16-40(3)17-19-41)35-10-9-33(26-34(28)35)39-32-7-4-6-31(25-32)38(45)43-22-20-42(21-23-43)15-12-30-8-11-36-37(24-30)47-27-46-36/h4,6-11,24-26,39H,5,12-23,27H2,1-3H3. The molecule has 47 heavy (non-hydrogen) atoms. The number of carbonyl (C=O) groups excluding carboxylic acids is 1. The minimum atomic E-state index is 0.0969. The lowest BCUT2D eigenvalue weighted by Crippen LogP contribution is -2.49. The second kappa shape index (κ2) is 14.0. The lowest BCUT2D eigenvalue weighted by atomic mass is 10.1. The highest BCUT2D eigenvalue weighted by Crippen LogP contribution is 2.33. The lowest BCUT2D eigenvalue weighted by molar-refractivity contribution is 0.0638. The Morgan fingerprint density at radius 2 is 1.51 bits per heavy atom. The molecule has 1 amide bonds. The Balaban J connectivity index is 0.931. The number of nitrogens with zero attached hydrogens (tertiary/aromatic N) is 5. The number of likely N-dealkylation sites (N-methyl/N-ethyl adjacent to an activating group) is 1. The van der Waals surface area contributed by atoms with E-state index in [1.165, 1.54) is 53.9 Å². The predicted octanol–water partition coefficient (Wildman–Crippen LogP) is 5.37. The Morgan fingerprint density at radius 3 is 2.34 bits per heavy atom. The number of benzene rings is 3. The van der Waals surface area contributed by atoms with Crippen LogP contribution in [0.25, 0.3) is 10.9 Å². The molecular formula is C38H48N6O3. The fraction of sp³-hybridized carbons (Fsp3) is 0.447. The highest BCUT2D eigenvalue weighted by atomic mass is 16.7. The van der Waals surface area contributed by atoms with Crippen LogP contribution in [0.2, 0.25) is 0 Å². The fourth-order valence-electron chi connectivity index (χ4n) is 7.18. The van der Waals surface area contributed by atoms with E-state index < -0.39 is 0 Å². The van der Waals surface area contributed by atoms with Gasteiger partial charge in [-0.25, -0.2) is 0 Å². The van der Waals surface area contributed by atoms with E-state index >= 15 is 0 Å². The normalized spacial score (nSPS) is 17.5. The van der Waals surface area contributed by atoms with E-state index in [9.17, 15) is 4.79 Å². The van der Waals surface area contributed by atoms with E-state index in [1.54, 1.807) is 0 Å². The molecule has 0 bridgehead atoms. The molecule has 4 heterocycles. The molecule has 2 saturated heterocycles. The number of carbonyl (C=O) groups is 1. The molecule has 0 atom stereocenters. The maximum atomic E-state index is 13.5. The Hall–Kier alpha value is -4.05. The maximum absolute atomic E-state index is 13.5. The Bertz CT molecular complexity index is 1720. The number of rotatable bonds is 10. The molecule has 1 N–H and O–H groups in total. The Kier molecular flexibility index (Phi) is 9.38. The maximum Gasteiger partial charge on any atom is 0.254 e. The van der Waals surface area contributed by atoms with Crippen molar-refractivity contribution in [3.05, 3.63) is 83.0 Å². The predicted molar refractivity (Wildman–Crippen MR) is 188 cm³/mol. The monoisotopic (exact) mass is 636 g/mol. The molecule has 9 heteroatoms. The highest BCUT2D eigenvalue weighted by molar-refractivity contribution is 5.95. The molecule has 0 unspecified atom stereocenters. The summed E-state index contributed by atoms with van der Waals surface area (Å²) in [6, 6.07) is 20.8. The van der Waals surface area contributed by atoms with Crippen LogP contribution in [0.5, 0.6) is 11.5 Å². The molecule has 2 fully saturated rings. The summed E-state index contributed by atoms with van der Waals surface area (Å²) in [7, 11) is 2.21. The van der Waals surface area contributed by atoms with E-state index in [0.29, 0.717) is 6.79 Å². The summed E-state index contributed by atoms with van der Waals surface area (Å²) in [5.74, 6) is 1.76. The van der Waals surface area contributed by atoms with Crippen LogP contribution in [0.3, 0.4) is 0 Å². The Morgan fingerprint density at radius 1 is 0.766 bits per heavy atom. The summed E-state index contributed by atoms with van der Waals surface area (Å²) in [6.45, 7) is 15.8. The molecule has 7 rings (SSSR count). The van der Waals surface area contributed by atoms with Crippen LogP contribution in [0.1, 0.15) is 33.6 Å². The topological polar surface area (TPSA) is 65.5 Å². The van der Waals surface area contributed by atoms with E-state index in [1.807, 2.05) is 35.2 Å². The minimum Gasteiger partial charge on any atom is -0.454 e. The molecule has 3 aromatic carbocycles.